The molecule has 3 amide bonds. The summed E-state index contributed by atoms with van der Waals surface area (Å²) in [5.41, 5.74) is 8.49. The Hall–Kier alpha value is -4.07. The maximum atomic E-state index is 13.6. The molecule has 0 heterocycles. The Labute approximate surface area is 202 Å². The van der Waals surface area contributed by atoms with Crippen LogP contribution in [0.2, 0.25) is 0 Å². The third kappa shape index (κ3) is 7.46. The summed E-state index contributed by atoms with van der Waals surface area (Å²) in [5, 5.41) is 2.79. The van der Waals surface area contributed by atoms with Crippen molar-refractivity contribution in [1.29, 1.82) is 0 Å². The summed E-state index contributed by atoms with van der Waals surface area (Å²) in [6, 6.07) is 20.4. The van der Waals surface area contributed by atoms with E-state index in [0.717, 1.165) is 33.7 Å². The molecule has 8 heteroatoms. The van der Waals surface area contributed by atoms with Gasteiger partial charge in [0.1, 0.15) is 17.6 Å². The fourth-order valence-corrected chi connectivity index (χ4v) is 3.67. The largest absolute Gasteiger partial charge is 0.369 e. The van der Waals surface area contributed by atoms with E-state index < -0.39 is 41.8 Å². The van der Waals surface area contributed by atoms with E-state index in [1.807, 2.05) is 54.6 Å². The molecule has 3 aromatic carbocycles. The summed E-state index contributed by atoms with van der Waals surface area (Å²) in [6.07, 6.45) is 0.693. The molecule has 3 aromatic rings. The molecule has 0 saturated heterocycles. The first kappa shape index (κ1) is 25.6. The van der Waals surface area contributed by atoms with Crippen molar-refractivity contribution in [2.45, 2.75) is 26.4 Å². The van der Waals surface area contributed by atoms with Gasteiger partial charge in [-0.25, -0.2) is 8.78 Å². The van der Waals surface area contributed by atoms with E-state index in [1.165, 1.54) is 6.92 Å². The average molecular weight is 480 g/mol. The molecule has 0 saturated carbocycles. The van der Waals surface area contributed by atoms with Crippen LogP contribution >= 0.6 is 0 Å². The predicted octanol–water partition coefficient (Wildman–Crippen LogP) is 3.32. The molecule has 0 aliphatic heterocycles. The summed E-state index contributed by atoms with van der Waals surface area (Å²) in [4.78, 5) is 38.1. The zero-order valence-corrected chi connectivity index (χ0v) is 19.3. The van der Waals surface area contributed by atoms with E-state index in [-0.39, 0.29) is 18.7 Å². The fourth-order valence-electron chi connectivity index (χ4n) is 3.67. The first-order chi connectivity index (χ1) is 16.7. The molecule has 3 N–H and O–H groups in total. The SMILES string of the molecule is CC(C(N)=O)C(=O)N(CC(=O)NCc1ccccc1Cc1ccccc1)Cc1cc(F)cc(F)c1. The molecule has 35 heavy (non-hydrogen) atoms. The van der Waals surface area contributed by atoms with Gasteiger partial charge >= 0.3 is 0 Å². The molecule has 182 valence electrons. The molecule has 0 fully saturated rings. The molecular formula is C27H27F2N3O3. The number of primary amides is 1. The normalized spacial score (nSPS) is 11.5. The highest BCUT2D eigenvalue weighted by atomic mass is 19.1. The zero-order valence-electron chi connectivity index (χ0n) is 19.3. The molecule has 3 rings (SSSR count). The molecule has 6 nitrogen and oxygen atoms in total. The monoisotopic (exact) mass is 479 g/mol. The number of amides is 3. The van der Waals surface area contributed by atoms with E-state index in [2.05, 4.69) is 5.32 Å². The number of carbonyl (C=O) groups excluding carboxylic acids is 3. The highest BCUT2D eigenvalue weighted by Gasteiger charge is 2.26. The highest BCUT2D eigenvalue weighted by molar-refractivity contribution is 6.00. The van der Waals surface area contributed by atoms with Gasteiger partial charge < -0.3 is 16.0 Å². The van der Waals surface area contributed by atoms with Crippen molar-refractivity contribution in [2.75, 3.05) is 6.54 Å². The number of carbonyl (C=O) groups is 3. The molecular weight excluding hydrogens is 452 g/mol. The van der Waals surface area contributed by atoms with E-state index in [9.17, 15) is 23.2 Å². The van der Waals surface area contributed by atoms with Gasteiger partial charge in [0.2, 0.25) is 17.7 Å². The molecule has 1 atom stereocenters. The Morgan fingerprint density at radius 2 is 1.49 bits per heavy atom. The number of hydrogen-bond acceptors (Lipinski definition) is 3. The first-order valence-electron chi connectivity index (χ1n) is 11.1. The van der Waals surface area contributed by atoms with Gasteiger partial charge in [-0.15, -0.1) is 0 Å². The Morgan fingerprint density at radius 1 is 0.886 bits per heavy atom. The van der Waals surface area contributed by atoms with Crippen molar-refractivity contribution < 1.29 is 23.2 Å². The second-order valence-electron chi connectivity index (χ2n) is 8.30. The molecule has 0 bridgehead atoms. The van der Waals surface area contributed by atoms with Crippen molar-refractivity contribution in [1.82, 2.24) is 10.2 Å². The minimum absolute atomic E-state index is 0.147. The molecule has 1 unspecified atom stereocenters. The minimum Gasteiger partial charge on any atom is -0.369 e. The molecule has 0 radical (unpaired) electrons. The summed E-state index contributed by atoms with van der Waals surface area (Å²) in [7, 11) is 0. The van der Waals surface area contributed by atoms with Gasteiger partial charge in [0, 0.05) is 19.2 Å². The van der Waals surface area contributed by atoms with Gasteiger partial charge in [-0.05, 0) is 47.7 Å². The van der Waals surface area contributed by atoms with Gasteiger partial charge in [0.15, 0.2) is 0 Å². The maximum absolute atomic E-state index is 13.6. The minimum atomic E-state index is -1.20. The summed E-state index contributed by atoms with van der Waals surface area (Å²) in [6.45, 7) is 0.879. The van der Waals surface area contributed by atoms with Crippen LogP contribution in [-0.4, -0.2) is 29.2 Å². The number of rotatable bonds is 10. The predicted molar refractivity (Wildman–Crippen MR) is 128 cm³/mol. The van der Waals surface area contributed by atoms with E-state index in [4.69, 9.17) is 5.73 Å². The average Bonchev–Trinajstić information content (AvgIpc) is 2.82. The first-order valence-corrected chi connectivity index (χ1v) is 11.1. The Balaban J connectivity index is 1.71. The lowest BCUT2D eigenvalue weighted by Crippen LogP contribution is -2.45. The van der Waals surface area contributed by atoms with Gasteiger partial charge in [-0.1, -0.05) is 54.6 Å². The van der Waals surface area contributed by atoms with Crippen LogP contribution in [0.25, 0.3) is 0 Å². The smallest absolute Gasteiger partial charge is 0.239 e. The van der Waals surface area contributed by atoms with Crippen LogP contribution in [0.1, 0.15) is 29.2 Å². The third-order valence-electron chi connectivity index (χ3n) is 5.57. The van der Waals surface area contributed by atoms with Crippen molar-refractivity contribution >= 4 is 17.7 Å². The van der Waals surface area contributed by atoms with Crippen LogP contribution < -0.4 is 11.1 Å². The highest BCUT2D eigenvalue weighted by Crippen LogP contribution is 2.15. The Bertz CT molecular complexity index is 1180. The van der Waals surface area contributed by atoms with Crippen molar-refractivity contribution in [3.63, 3.8) is 0 Å². The van der Waals surface area contributed by atoms with Crippen LogP contribution in [0, 0.1) is 17.6 Å². The second-order valence-corrected chi connectivity index (χ2v) is 8.30. The quantitative estimate of drug-likeness (QED) is 0.437. The standard InChI is InChI=1S/C27H27F2N3O3/c1-18(26(30)34)27(35)32(16-20-12-23(28)14-24(29)13-20)17-25(33)31-15-22-10-6-5-9-21(22)11-19-7-3-2-4-8-19/h2-10,12-14,18H,11,15-17H2,1H3,(H2,30,34)(H,31,33). The Kier molecular flexibility index (Phi) is 8.67. The van der Waals surface area contributed by atoms with Gasteiger partial charge in [-0.3, -0.25) is 14.4 Å². The van der Waals surface area contributed by atoms with Crippen molar-refractivity contribution in [3.8, 4) is 0 Å². The van der Waals surface area contributed by atoms with Crippen molar-refractivity contribution in [3.05, 3.63) is 107 Å². The summed E-state index contributed by atoms with van der Waals surface area (Å²) in [5.74, 6) is -4.87. The van der Waals surface area contributed by atoms with Gasteiger partial charge in [0.05, 0.1) is 6.54 Å². The van der Waals surface area contributed by atoms with Crippen molar-refractivity contribution in [2.24, 2.45) is 11.7 Å². The van der Waals surface area contributed by atoms with Gasteiger partial charge in [0.25, 0.3) is 0 Å². The number of halogens is 2. The zero-order chi connectivity index (χ0) is 25.4. The molecule has 0 aliphatic rings. The summed E-state index contributed by atoms with van der Waals surface area (Å²) >= 11 is 0. The van der Waals surface area contributed by atoms with Crippen LogP contribution in [0.5, 0.6) is 0 Å². The number of nitrogens with one attached hydrogen (secondary N) is 1. The number of benzene rings is 3. The van der Waals surface area contributed by atoms with Crippen LogP contribution in [0.4, 0.5) is 8.78 Å². The topological polar surface area (TPSA) is 92.5 Å². The van der Waals surface area contributed by atoms with E-state index >= 15 is 0 Å². The lowest BCUT2D eigenvalue weighted by molar-refractivity contribution is -0.143. The number of nitrogens with two attached hydrogens (primary N) is 1. The lowest BCUT2D eigenvalue weighted by atomic mass is 10.00. The van der Waals surface area contributed by atoms with E-state index in [0.29, 0.717) is 12.5 Å². The fraction of sp³-hybridized carbons (Fsp3) is 0.222. The second kappa shape index (κ2) is 11.9. The van der Waals surface area contributed by atoms with Crippen LogP contribution in [0.3, 0.4) is 0 Å². The number of hydrogen-bond donors (Lipinski definition) is 2. The van der Waals surface area contributed by atoms with Gasteiger partial charge in [-0.2, -0.15) is 0 Å². The summed E-state index contributed by atoms with van der Waals surface area (Å²) < 4.78 is 27.3. The van der Waals surface area contributed by atoms with Crippen LogP contribution in [0.15, 0.2) is 72.8 Å². The molecule has 0 aromatic heterocycles. The maximum Gasteiger partial charge on any atom is 0.239 e. The Morgan fingerprint density at radius 3 is 2.11 bits per heavy atom. The van der Waals surface area contributed by atoms with Crippen LogP contribution in [-0.2, 0) is 33.9 Å². The number of nitrogens with zero attached hydrogens (tertiary/aromatic N) is 1. The van der Waals surface area contributed by atoms with E-state index in [1.54, 1.807) is 0 Å². The lowest BCUT2D eigenvalue weighted by Gasteiger charge is -2.24. The molecule has 0 spiro atoms. The third-order valence-corrected chi connectivity index (χ3v) is 5.57. The molecule has 0 aliphatic carbocycles.